The summed E-state index contributed by atoms with van der Waals surface area (Å²) in [5, 5.41) is 4.50. The third-order valence-corrected chi connectivity index (χ3v) is 5.44. The number of hydrogen-bond donors (Lipinski definition) is 1. The molecular weight excluding hydrogens is 384 g/mol. The maximum atomic E-state index is 12.8. The van der Waals surface area contributed by atoms with Gasteiger partial charge in [-0.15, -0.1) is 5.10 Å². The standard InChI is InChI=1S/C22H24N4O4/c1-29-18-8-6-17(7-9-18)26-22(28)23-20(24-26)15-10-12-25(13-11-15)21(27)16-4-3-5-19(14-16)30-2/h3-9,14-15H,10-13H2,1-2H3,(H,23,24,28). The van der Waals surface area contributed by atoms with Gasteiger partial charge in [0.25, 0.3) is 5.91 Å². The largest absolute Gasteiger partial charge is 0.497 e. The molecule has 8 heteroatoms. The Morgan fingerprint density at radius 2 is 1.73 bits per heavy atom. The molecule has 0 aliphatic carbocycles. The van der Waals surface area contributed by atoms with Crippen LogP contribution in [0, 0.1) is 0 Å². The number of carbonyl (C=O) groups is 1. The predicted molar refractivity (Wildman–Crippen MR) is 112 cm³/mol. The first-order valence-corrected chi connectivity index (χ1v) is 9.86. The second kappa shape index (κ2) is 8.44. The molecule has 4 rings (SSSR count). The highest BCUT2D eigenvalue weighted by molar-refractivity contribution is 5.94. The van der Waals surface area contributed by atoms with Crippen LogP contribution in [0.2, 0.25) is 0 Å². The minimum atomic E-state index is -0.273. The Hall–Kier alpha value is -3.55. The fraction of sp³-hybridized carbons (Fsp3) is 0.318. The van der Waals surface area contributed by atoms with Crippen molar-refractivity contribution in [1.82, 2.24) is 19.7 Å². The van der Waals surface area contributed by atoms with E-state index < -0.39 is 0 Å². The summed E-state index contributed by atoms with van der Waals surface area (Å²) in [5.74, 6) is 2.13. The number of H-pyrrole nitrogens is 1. The molecule has 0 unspecified atom stereocenters. The fourth-order valence-electron chi connectivity index (χ4n) is 3.72. The average Bonchev–Trinajstić information content (AvgIpc) is 3.20. The molecular formula is C22H24N4O4. The number of nitrogens with zero attached hydrogens (tertiary/aromatic N) is 3. The van der Waals surface area contributed by atoms with E-state index in [0.29, 0.717) is 35.9 Å². The van der Waals surface area contributed by atoms with Crippen molar-refractivity contribution < 1.29 is 14.3 Å². The summed E-state index contributed by atoms with van der Waals surface area (Å²) < 4.78 is 11.7. The van der Waals surface area contributed by atoms with E-state index in [0.717, 1.165) is 18.6 Å². The normalized spacial score (nSPS) is 14.5. The minimum absolute atomic E-state index is 0.00962. The molecule has 1 N–H and O–H groups in total. The van der Waals surface area contributed by atoms with Crippen LogP contribution >= 0.6 is 0 Å². The van der Waals surface area contributed by atoms with Crippen LogP contribution < -0.4 is 15.2 Å². The second-order valence-electron chi connectivity index (χ2n) is 7.22. The molecule has 0 radical (unpaired) electrons. The molecule has 1 aliphatic rings. The van der Waals surface area contributed by atoms with Crippen LogP contribution in [0.25, 0.3) is 5.69 Å². The average molecular weight is 408 g/mol. The van der Waals surface area contributed by atoms with Gasteiger partial charge in [0.2, 0.25) is 0 Å². The first-order valence-electron chi connectivity index (χ1n) is 9.86. The van der Waals surface area contributed by atoms with E-state index in [1.54, 1.807) is 50.6 Å². The summed E-state index contributed by atoms with van der Waals surface area (Å²) in [4.78, 5) is 29.9. The summed E-state index contributed by atoms with van der Waals surface area (Å²) in [6.45, 7) is 1.22. The highest BCUT2D eigenvalue weighted by Gasteiger charge is 2.27. The van der Waals surface area contributed by atoms with Crippen LogP contribution in [0.1, 0.15) is 34.9 Å². The number of carbonyl (C=O) groups excluding carboxylic acids is 1. The van der Waals surface area contributed by atoms with Gasteiger partial charge in [0.15, 0.2) is 0 Å². The molecule has 0 bridgehead atoms. The summed E-state index contributed by atoms with van der Waals surface area (Å²) >= 11 is 0. The number of aromatic amines is 1. The van der Waals surface area contributed by atoms with Gasteiger partial charge in [-0.2, -0.15) is 4.68 Å². The van der Waals surface area contributed by atoms with E-state index in [1.165, 1.54) is 4.68 Å². The van der Waals surface area contributed by atoms with Crippen molar-refractivity contribution in [2.75, 3.05) is 27.3 Å². The Labute approximate surface area is 174 Å². The molecule has 2 heterocycles. The number of benzene rings is 2. The van der Waals surface area contributed by atoms with Crippen LogP contribution in [0.3, 0.4) is 0 Å². The number of piperidine rings is 1. The van der Waals surface area contributed by atoms with Gasteiger partial charge in [-0.05, 0) is 55.3 Å². The number of methoxy groups -OCH3 is 2. The lowest BCUT2D eigenvalue weighted by Gasteiger charge is -2.31. The highest BCUT2D eigenvalue weighted by Crippen LogP contribution is 2.26. The number of aromatic nitrogens is 3. The molecule has 0 atom stereocenters. The Morgan fingerprint density at radius 1 is 1.03 bits per heavy atom. The van der Waals surface area contributed by atoms with Crippen molar-refractivity contribution in [3.8, 4) is 17.2 Å². The molecule has 8 nitrogen and oxygen atoms in total. The van der Waals surface area contributed by atoms with Crippen LogP contribution in [-0.4, -0.2) is 52.9 Å². The lowest BCUT2D eigenvalue weighted by Crippen LogP contribution is -2.38. The maximum Gasteiger partial charge on any atom is 0.348 e. The van der Waals surface area contributed by atoms with Gasteiger partial charge in [0.05, 0.1) is 19.9 Å². The Kier molecular flexibility index (Phi) is 5.56. The topological polar surface area (TPSA) is 89.4 Å². The fourth-order valence-corrected chi connectivity index (χ4v) is 3.72. The van der Waals surface area contributed by atoms with Crippen molar-refractivity contribution in [2.24, 2.45) is 0 Å². The third kappa shape index (κ3) is 3.94. The third-order valence-electron chi connectivity index (χ3n) is 5.44. The van der Waals surface area contributed by atoms with Crippen molar-refractivity contribution >= 4 is 5.91 Å². The molecule has 1 fully saturated rings. The molecule has 1 aromatic heterocycles. The van der Waals surface area contributed by atoms with Gasteiger partial charge in [-0.25, -0.2) is 4.79 Å². The van der Waals surface area contributed by atoms with Crippen LogP contribution in [0.4, 0.5) is 0 Å². The molecule has 3 aromatic rings. The molecule has 0 saturated carbocycles. The first-order chi connectivity index (χ1) is 14.6. The smallest absolute Gasteiger partial charge is 0.348 e. The summed E-state index contributed by atoms with van der Waals surface area (Å²) in [6.07, 6.45) is 1.48. The zero-order valence-corrected chi connectivity index (χ0v) is 17.0. The quantitative estimate of drug-likeness (QED) is 0.701. The molecule has 2 aromatic carbocycles. The monoisotopic (exact) mass is 408 g/mol. The van der Waals surface area contributed by atoms with Crippen LogP contribution in [0.15, 0.2) is 53.3 Å². The number of rotatable bonds is 5. The minimum Gasteiger partial charge on any atom is -0.497 e. The molecule has 1 saturated heterocycles. The van der Waals surface area contributed by atoms with E-state index in [9.17, 15) is 9.59 Å². The summed E-state index contributed by atoms with van der Waals surface area (Å²) in [6, 6.07) is 14.3. The molecule has 1 amide bonds. The van der Waals surface area contributed by atoms with Crippen molar-refractivity contribution in [2.45, 2.75) is 18.8 Å². The lowest BCUT2D eigenvalue weighted by atomic mass is 9.95. The van der Waals surface area contributed by atoms with Crippen molar-refractivity contribution in [3.05, 3.63) is 70.4 Å². The lowest BCUT2D eigenvalue weighted by molar-refractivity contribution is 0.0710. The van der Waals surface area contributed by atoms with Crippen LogP contribution in [-0.2, 0) is 0 Å². The zero-order valence-electron chi connectivity index (χ0n) is 17.0. The van der Waals surface area contributed by atoms with E-state index in [1.807, 2.05) is 17.0 Å². The summed E-state index contributed by atoms with van der Waals surface area (Å²) in [5.41, 5.74) is 1.02. The van der Waals surface area contributed by atoms with Gasteiger partial charge in [0.1, 0.15) is 17.3 Å². The van der Waals surface area contributed by atoms with Gasteiger partial charge in [0, 0.05) is 24.6 Å². The number of amides is 1. The van der Waals surface area contributed by atoms with Gasteiger partial charge in [-0.1, -0.05) is 6.07 Å². The van der Waals surface area contributed by atoms with Crippen LogP contribution in [0.5, 0.6) is 11.5 Å². The molecule has 156 valence electrons. The zero-order chi connectivity index (χ0) is 21.1. The Balaban J connectivity index is 1.44. The molecule has 30 heavy (non-hydrogen) atoms. The number of nitrogens with one attached hydrogen (secondary N) is 1. The number of hydrogen-bond acceptors (Lipinski definition) is 5. The van der Waals surface area contributed by atoms with Gasteiger partial charge >= 0.3 is 5.69 Å². The second-order valence-corrected chi connectivity index (χ2v) is 7.22. The van der Waals surface area contributed by atoms with E-state index >= 15 is 0 Å². The Bertz CT molecular complexity index is 1080. The molecule has 1 aliphatic heterocycles. The number of ether oxygens (including phenoxy) is 2. The van der Waals surface area contributed by atoms with E-state index in [2.05, 4.69) is 10.1 Å². The van der Waals surface area contributed by atoms with Gasteiger partial charge in [-0.3, -0.25) is 9.78 Å². The highest BCUT2D eigenvalue weighted by atomic mass is 16.5. The van der Waals surface area contributed by atoms with Gasteiger partial charge < -0.3 is 14.4 Å². The Morgan fingerprint density at radius 3 is 2.40 bits per heavy atom. The summed E-state index contributed by atoms with van der Waals surface area (Å²) in [7, 11) is 3.18. The molecule has 0 spiro atoms. The van der Waals surface area contributed by atoms with Crippen molar-refractivity contribution in [3.63, 3.8) is 0 Å². The van der Waals surface area contributed by atoms with E-state index in [-0.39, 0.29) is 17.5 Å². The first kappa shape index (κ1) is 19.8. The SMILES string of the molecule is COc1ccc(-n2nc(C3CCN(C(=O)c4cccc(OC)c4)CC3)[nH]c2=O)cc1. The predicted octanol–water partition coefficient (Wildman–Crippen LogP) is 2.60. The van der Waals surface area contributed by atoms with Crippen molar-refractivity contribution in [1.29, 1.82) is 0 Å². The maximum absolute atomic E-state index is 12.8. The number of likely N-dealkylation sites (tertiary alicyclic amines) is 1. The van der Waals surface area contributed by atoms with E-state index in [4.69, 9.17) is 9.47 Å².